The standard InChI is InChI=1S/C20H17ClF4N6O2/c1-10(16-7-30(9-27-16)17-5-13(23)12(21)4-14(17)24)28-19-26-6-15(25)18(29-19)31-11(2-3-22)8-33-20(31)32/h4-7,9-11H,2-3,8H2,1H3,(H,26,28,29)/t10-,11-/m0/s1. The fourth-order valence-electron chi connectivity index (χ4n) is 3.33. The summed E-state index contributed by atoms with van der Waals surface area (Å²) in [5.41, 5.74) is 0.324. The molecule has 1 saturated heterocycles. The number of cyclic esters (lactones) is 1. The number of hydrogen-bond acceptors (Lipinski definition) is 6. The van der Waals surface area contributed by atoms with Gasteiger partial charge in [0, 0.05) is 18.7 Å². The zero-order valence-electron chi connectivity index (χ0n) is 17.1. The van der Waals surface area contributed by atoms with Crippen LogP contribution >= 0.6 is 11.6 Å². The maximum absolute atomic E-state index is 14.4. The average molecular weight is 485 g/mol. The molecule has 1 amide bonds. The van der Waals surface area contributed by atoms with Crippen LogP contribution in [-0.2, 0) is 4.74 Å². The molecule has 1 aliphatic rings. The molecule has 2 aromatic heterocycles. The molecule has 0 bridgehead atoms. The summed E-state index contributed by atoms with van der Waals surface area (Å²) in [6.07, 6.45) is 2.76. The highest BCUT2D eigenvalue weighted by Crippen LogP contribution is 2.28. The number of nitrogens with one attached hydrogen (secondary N) is 1. The van der Waals surface area contributed by atoms with Crippen molar-refractivity contribution in [1.82, 2.24) is 19.5 Å². The molecule has 0 radical (unpaired) electrons. The Hall–Kier alpha value is -3.41. The number of anilines is 2. The molecular weight excluding hydrogens is 468 g/mol. The molecule has 2 atom stereocenters. The first kappa shape index (κ1) is 22.8. The van der Waals surface area contributed by atoms with Crippen molar-refractivity contribution in [2.45, 2.75) is 25.4 Å². The lowest BCUT2D eigenvalue weighted by atomic mass is 10.2. The molecule has 33 heavy (non-hydrogen) atoms. The largest absolute Gasteiger partial charge is 0.447 e. The van der Waals surface area contributed by atoms with Crippen LogP contribution in [0.2, 0.25) is 5.02 Å². The van der Waals surface area contributed by atoms with Crippen molar-refractivity contribution in [3.8, 4) is 5.69 Å². The minimum Gasteiger partial charge on any atom is -0.447 e. The Morgan fingerprint density at radius 3 is 2.79 bits per heavy atom. The van der Waals surface area contributed by atoms with Crippen molar-refractivity contribution in [3.05, 3.63) is 59.0 Å². The van der Waals surface area contributed by atoms with Gasteiger partial charge in [-0.1, -0.05) is 11.6 Å². The van der Waals surface area contributed by atoms with E-state index in [1.807, 2.05) is 0 Å². The summed E-state index contributed by atoms with van der Waals surface area (Å²) in [5, 5.41) is 2.56. The number of imidazole rings is 1. The summed E-state index contributed by atoms with van der Waals surface area (Å²) >= 11 is 5.58. The first-order valence-corrected chi connectivity index (χ1v) is 10.2. The number of halogens is 5. The van der Waals surface area contributed by atoms with Crippen molar-refractivity contribution >= 4 is 29.5 Å². The van der Waals surface area contributed by atoms with Crippen LogP contribution < -0.4 is 10.2 Å². The second-order valence-electron chi connectivity index (χ2n) is 7.23. The zero-order chi connectivity index (χ0) is 23.7. The summed E-state index contributed by atoms with van der Waals surface area (Å²) < 4.78 is 61.3. The quantitative estimate of drug-likeness (QED) is 0.390. The fourth-order valence-corrected chi connectivity index (χ4v) is 3.48. The minimum atomic E-state index is -0.875. The molecule has 8 nitrogen and oxygen atoms in total. The molecule has 3 heterocycles. The van der Waals surface area contributed by atoms with Crippen LogP contribution in [0.1, 0.15) is 25.1 Å². The van der Waals surface area contributed by atoms with Crippen LogP contribution in [0, 0.1) is 17.5 Å². The molecule has 1 aromatic carbocycles. The maximum Gasteiger partial charge on any atom is 0.416 e. The minimum absolute atomic E-state index is 0.0316. The van der Waals surface area contributed by atoms with Gasteiger partial charge in [-0.05, 0) is 13.0 Å². The zero-order valence-corrected chi connectivity index (χ0v) is 17.9. The summed E-state index contributed by atoms with van der Waals surface area (Å²) in [5.74, 6) is -2.77. The number of rotatable bonds is 7. The third-order valence-electron chi connectivity index (χ3n) is 5.02. The number of alkyl halides is 1. The Morgan fingerprint density at radius 2 is 2.03 bits per heavy atom. The molecule has 0 aliphatic carbocycles. The summed E-state index contributed by atoms with van der Waals surface area (Å²) in [6.45, 7) is 0.895. The number of aromatic nitrogens is 4. The monoisotopic (exact) mass is 484 g/mol. The molecule has 4 rings (SSSR count). The van der Waals surface area contributed by atoms with Gasteiger partial charge in [0.2, 0.25) is 5.95 Å². The van der Waals surface area contributed by atoms with Crippen LogP contribution in [0.3, 0.4) is 0 Å². The average Bonchev–Trinajstić information content (AvgIpc) is 3.40. The van der Waals surface area contributed by atoms with Gasteiger partial charge in [-0.15, -0.1) is 0 Å². The molecule has 1 fully saturated rings. The van der Waals surface area contributed by atoms with Crippen LogP contribution in [0.4, 0.5) is 34.1 Å². The summed E-state index contributed by atoms with van der Waals surface area (Å²) in [6, 6.07) is 0.570. The van der Waals surface area contributed by atoms with E-state index in [2.05, 4.69) is 20.3 Å². The smallest absolute Gasteiger partial charge is 0.416 e. The second-order valence-corrected chi connectivity index (χ2v) is 7.64. The Bertz CT molecular complexity index is 1190. The van der Waals surface area contributed by atoms with Gasteiger partial charge < -0.3 is 14.6 Å². The van der Waals surface area contributed by atoms with E-state index >= 15 is 0 Å². The van der Waals surface area contributed by atoms with Gasteiger partial charge in [-0.2, -0.15) is 4.98 Å². The van der Waals surface area contributed by atoms with Gasteiger partial charge in [0.15, 0.2) is 11.6 Å². The molecule has 0 unspecified atom stereocenters. The first-order chi connectivity index (χ1) is 15.8. The summed E-state index contributed by atoms with van der Waals surface area (Å²) in [4.78, 5) is 25.1. The normalized spacial score (nSPS) is 16.7. The van der Waals surface area contributed by atoms with Crippen LogP contribution in [0.15, 0.2) is 30.9 Å². The van der Waals surface area contributed by atoms with E-state index in [0.29, 0.717) is 5.69 Å². The van der Waals surface area contributed by atoms with E-state index in [0.717, 1.165) is 23.2 Å². The predicted molar refractivity (Wildman–Crippen MR) is 111 cm³/mol. The predicted octanol–water partition coefficient (Wildman–Crippen LogP) is 4.59. The number of benzene rings is 1. The van der Waals surface area contributed by atoms with E-state index in [-0.39, 0.29) is 35.5 Å². The first-order valence-electron chi connectivity index (χ1n) is 9.78. The number of nitrogens with zero attached hydrogens (tertiary/aromatic N) is 5. The maximum atomic E-state index is 14.4. The van der Waals surface area contributed by atoms with Gasteiger partial charge in [-0.3, -0.25) is 9.29 Å². The Morgan fingerprint density at radius 1 is 1.24 bits per heavy atom. The molecule has 1 N–H and O–H groups in total. The van der Waals surface area contributed by atoms with E-state index in [9.17, 15) is 22.4 Å². The molecule has 1 aliphatic heterocycles. The van der Waals surface area contributed by atoms with Crippen molar-refractivity contribution in [3.63, 3.8) is 0 Å². The van der Waals surface area contributed by atoms with Crippen molar-refractivity contribution < 1.29 is 27.1 Å². The van der Waals surface area contributed by atoms with E-state index in [1.165, 1.54) is 17.1 Å². The van der Waals surface area contributed by atoms with E-state index in [4.69, 9.17) is 16.3 Å². The molecule has 0 spiro atoms. The van der Waals surface area contributed by atoms with Gasteiger partial charge in [-0.25, -0.2) is 27.9 Å². The van der Waals surface area contributed by atoms with Crippen molar-refractivity contribution in [2.75, 3.05) is 23.5 Å². The van der Waals surface area contributed by atoms with Crippen LogP contribution in [0.5, 0.6) is 0 Å². The van der Waals surface area contributed by atoms with E-state index in [1.54, 1.807) is 6.92 Å². The number of amides is 1. The topological polar surface area (TPSA) is 85.2 Å². The summed E-state index contributed by atoms with van der Waals surface area (Å²) in [7, 11) is 0. The molecule has 174 valence electrons. The van der Waals surface area contributed by atoms with Gasteiger partial charge in [0.25, 0.3) is 0 Å². The Labute approximate surface area is 190 Å². The number of hydrogen-bond donors (Lipinski definition) is 1. The Kier molecular flexibility index (Phi) is 6.36. The van der Waals surface area contributed by atoms with Crippen molar-refractivity contribution in [1.29, 1.82) is 0 Å². The van der Waals surface area contributed by atoms with Crippen LogP contribution in [-0.4, -0.2) is 44.9 Å². The lowest BCUT2D eigenvalue weighted by Gasteiger charge is -2.20. The number of carbonyl (C=O) groups is 1. The highest BCUT2D eigenvalue weighted by atomic mass is 35.5. The van der Waals surface area contributed by atoms with Crippen LogP contribution in [0.25, 0.3) is 5.69 Å². The molecule has 3 aromatic rings. The van der Waals surface area contributed by atoms with E-state index < -0.39 is 42.3 Å². The third kappa shape index (κ3) is 4.56. The highest BCUT2D eigenvalue weighted by Gasteiger charge is 2.37. The fraction of sp³-hybridized carbons (Fsp3) is 0.300. The molecule has 13 heteroatoms. The lowest BCUT2D eigenvalue weighted by molar-refractivity contribution is 0.178. The lowest BCUT2D eigenvalue weighted by Crippen LogP contribution is -2.35. The second kappa shape index (κ2) is 9.22. The molecule has 0 saturated carbocycles. The highest BCUT2D eigenvalue weighted by molar-refractivity contribution is 6.30. The van der Waals surface area contributed by atoms with Gasteiger partial charge in [0.05, 0.1) is 47.7 Å². The molecular formula is C20H17ClF4N6O2. The van der Waals surface area contributed by atoms with Gasteiger partial charge >= 0.3 is 6.09 Å². The Balaban J connectivity index is 1.55. The number of carbonyl (C=O) groups excluding carboxylic acids is 1. The van der Waals surface area contributed by atoms with Gasteiger partial charge in [0.1, 0.15) is 18.2 Å². The van der Waals surface area contributed by atoms with Crippen molar-refractivity contribution in [2.24, 2.45) is 0 Å². The number of ether oxygens (including phenoxy) is 1. The SMILES string of the molecule is C[C@H](Nc1ncc(F)c(N2C(=O)OC[C@@H]2CCF)n1)c1cn(-c2cc(F)c(Cl)cc2F)cn1. The third-order valence-corrected chi connectivity index (χ3v) is 5.31.